The predicted octanol–water partition coefficient (Wildman–Crippen LogP) is 2.04. The van der Waals surface area contributed by atoms with E-state index < -0.39 is 0 Å². The Kier molecular flexibility index (Phi) is 5.84. The van der Waals surface area contributed by atoms with Crippen molar-refractivity contribution in [1.29, 1.82) is 0 Å². The molecule has 1 unspecified atom stereocenters. The molecule has 2 atom stereocenters. The second kappa shape index (κ2) is 8.15. The first-order valence-corrected chi connectivity index (χ1v) is 9.85. The molecule has 1 aliphatic rings. The minimum atomic E-state index is -0.0739. The molecule has 148 valence electrons. The van der Waals surface area contributed by atoms with Crippen LogP contribution >= 0.6 is 0 Å². The van der Waals surface area contributed by atoms with Crippen molar-refractivity contribution in [2.45, 2.75) is 40.2 Å². The summed E-state index contributed by atoms with van der Waals surface area (Å²) in [4.78, 5) is 28.2. The first-order valence-electron chi connectivity index (χ1n) is 9.85. The molecule has 28 heavy (non-hydrogen) atoms. The number of anilines is 2. The van der Waals surface area contributed by atoms with Gasteiger partial charge in [-0.1, -0.05) is 35.9 Å². The summed E-state index contributed by atoms with van der Waals surface area (Å²) in [7, 11) is 1.89. The van der Waals surface area contributed by atoms with Gasteiger partial charge in [-0.3, -0.25) is 9.59 Å². The Morgan fingerprint density at radius 3 is 2.43 bits per heavy atom. The lowest BCUT2D eigenvalue weighted by molar-refractivity contribution is -0.862. The molecule has 5 heteroatoms. The fourth-order valence-electron chi connectivity index (χ4n) is 4.19. The van der Waals surface area contributed by atoms with Crippen molar-refractivity contribution in [3.05, 3.63) is 58.7 Å². The van der Waals surface area contributed by atoms with Crippen molar-refractivity contribution >= 4 is 23.2 Å². The van der Waals surface area contributed by atoms with Gasteiger partial charge in [-0.05, 0) is 56.9 Å². The van der Waals surface area contributed by atoms with Crippen LogP contribution in [0.2, 0.25) is 0 Å². The maximum atomic E-state index is 12.9. The number of fused-ring (bicyclic) bond motifs is 1. The van der Waals surface area contributed by atoms with Crippen LogP contribution in [0.5, 0.6) is 0 Å². The third kappa shape index (κ3) is 4.25. The zero-order valence-corrected chi connectivity index (χ0v) is 17.4. The molecule has 2 aromatic carbocycles. The molecule has 3 rings (SSSR count). The quantitative estimate of drug-likeness (QED) is 0.834. The smallest absolute Gasteiger partial charge is 0.282 e. The van der Waals surface area contributed by atoms with Crippen LogP contribution in [-0.2, 0) is 16.0 Å². The Hall–Kier alpha value is -2.66. The van der Waals surface area contributed by atoms with Crippen molar-refractivity contribution in [2.75, 3.05) is 30.4 Å². The number of hydrogen-bond donors (Lipinski definition) is 2. The zero-order chi connectivity index (χ0) is 20.4. The molecular formula is C23H30N3O2+. The van der Waals surface area contributed by atoms with Gasteiger partial charge in [0.2, 0.25) is 0 Å². The van der Waals surface area contributed by atoms with Crippen LogP contribution in [0.4, 0.5) is 11.4 Å². The number of aryl methyl sites for hydroxylation is 3. The van der Waals surface area contributed by atoms with E-state index in [1.165, 1.54) is 11.1 Å². The van der Waals surface area contributed by atoms with Gasteiger partial charge in [0.05, 0.1) is 7.05 Å². The van der Waals surface area contributed by atoms with E-state index in [1.807, 2.05) is 50.9 Å². The number of carbonyl (C=O) groups excluding carboxylic acids is 2. The normalized spacial score (nSPS) is 16.6. The first-order chi connectivity index (χ1) is 13.3. The minimum Gasteiger partial charge on any atom is -0.322 e. The molecule has 2 aromatic rings. The highest BCUT2D eigenvalue weighted by molar-refractivity contribution is 5.97. The van der Waals surface area contributed by atoms with Gasteiger partial charge in [-0.25, -0.2) is 0 Å². The molecule has 2 amide bonds. The minimum absolute atomic E-state index is 0.0606. The number of nitrogens with zero attached hydrogens (tertiary/aromatic N) is 1. The Balaban J connectivity index is 1.60. The Labute approximate surface area is 167 Å². The molecule has 0 fully saturated rings. The number of likely N-dealkylation sites (N-methyl/N-ethyl adjacent to an activating group) is 1. The number of nitrogens with one attached hydrogen (secondary N) is 2. The van der Waals surface area contributed by atoms with E-state index in [1.54, 1.807) is 0 Å². The van der Waals surface area contributed by atoms with Crippen molar-refractivity contribution in [3.8, 4) is 0 Å². The number of quaternary nitrogens is 1. The van der Waals surface area contributed by atoms with Crippen molar-refractivity contribution in [1.82, 2.24) is 0 Å². The molecule has 1 aliphatic heterocycles. The fourth-order valence-corrected chi connectivity index (χ4v) is 4.19. The molecule has 0 aliphatic carbocycles. The van der Waals surface area contributed by atoms with Gasteiger partial charge < -0.3 is 15.1 Å². The SMILES string of the molecule is Cc1cc(C)c(NC(=O)C[NH+](C)CC(=O)N2c3ccccc3C[C@@H]2C)c(C)c1. The Bertz CT molecular complexity index is 883. The van der Waals surface area contributed by atoms with Crippen LogP contribution < -0.4 is 15.1 Å². The van der Waals surface area contributed by atoms with Crippen molar-refractivity contribution in [3.63, 3.8) is 0 Å². The van der Waals surface area contributed by atoms with Crippen LogP contribution in [0.25, 0.3) is 0 Å². The monoisotopic (exact) mass is 380 g/mol. The van der Waals surface area contributed by atoms with Gasteiger partial charge in [0.1, 0.15) is 0 Å². The van der Waals surface area contributed by atoms with E-state index in [0.717, 1.165) is 33.8 Å². The number of hydrogen-bond acceptors (Lipinski definition) is 2. The first kappa shape index (κ1) is 20.1. The third-order valence-electron chi connectivity index (χ3n) is 5.33. The van der Waals surface area contributed by atoms with Crippen LogP contribution in [0.3, 0.4) is 0 Å². The van der Waals surface area contributed by atoms with E-state index in [0.29, 0.717) is 0 Å². The summed E-state index contributed by atoms with van der Waals surface area (Å²) in [6.45, 7) is 8.67. The van der Waals surface area contributed by atoms with Gasteiger partial charge in [-0.2, -0.15) is 0 Å². The Morgan fingerprint density at radius 1 is 1.11 bits per heavy atom. The average molecular weight is 381 g/mol. The summed E-state index contributed by atoms with van der Waals surface area (Å²) >= 11 is 0. The summed E-state index contributed by atoms with van der Waals surface area (Å²) in [6, 6.07) is 12.3. The van der Waals surface area contributed by atoms with Crippen LogP contribution in [0, 0.1) is 20.8 Å². The lowest BCUT2D eigenvalue weighted by Gasteiger charge is -2.24. The van der Waals surface area contributed by atoms with E-state index in [2.05, 4.69) is 30.4 Å². The summed E-state index contributed by atoms with van der Waals surface area (Å²) in [6.07, 6.45) is 0.882. The lowest BCUT2D eigenvalue weighted by Crippen LogP contribution is -3.11. The number of para-hydroxylation sites is 1. The van der Waals surface area contributed by atoms with Crippen LogP contribution in [0.15, 0.2) is 36.4 Å². The molecule has 0 radical (unpaired) electrons. The second-order valence-corrected chi connectivity index (χ2v) is 8.08. The summed E-state index contributed by atoms with van der Waals surface area (Å²) in [5, 5.41) is 3.02. The molecule has 1 heterocycles. The molecular weight excluding hydrogens is 350 g/mol. The number of carbonyl (C=O) groups is 2. The largest absolute Gasteiger partial charge is 0.322 e. The molecule has 0 saturated carbocycles. The molecule has 2 N–H and O–H groups in total. The predicted molar refractivity (Wildman–Crippen MR) is 113 cm³/mol. The summed E-state index contributed by atoms with van der Waals surface area (Å²) in [5.74, 6) is -0.0133. The van der Waals surface area contributed by atoms with Crippen LogP contribution in [-0.4, -0.2) is 38.0 Å². The topological polar surface area (TPSA) is 53.9 Å². The lowest BCUT2D eigenvalue weighted by atomic mass is 10.1. The maximum absolute atomic E-state index is 12.9. The second-order valence-electron chi connectivity index (χ2n) is 8.08. The molecule has 0 bridgehead atoms. The zero-order valence-electron chi connectivity index (χ0n) is 17.4. The van der Waals surface area contributed by atoms with E-state index in [4.69, 9.17) is 0 Å². The number of rotatable bonds is 5. The van der Waals surface area contributed by atoms with Gasteiger partial charge in [0.15, 0.2) is 13.1 Å². The molecule has 0 spiro atoms. The van der Waals surface area contributed by atoms with E-state index in [-0.39, 0.29) is 30.9 Å². The molecule has 0 aromatic heterocycles. The highest BCUT2D eigenvalue weighted by atomic mass is 16.2. The van der Waals surface area contributed by atoms with Gasteiger partial charge in [-0.15, -0.1) is 0 Å². The Morgan fingerprint density at radius 2 is 1.75 bits per heavy atom. The fraction of sp³-hybridized carbons (Fsp3) is 0.391. The molecule has 0 saturated heterocycles. The third-order valence-corrected chi connectivity index (χ3v) is 5.33. The van der Waals surface area contributed by atoms with Crippen molar-refractivity contribution < 1.29 is 14.5 Å². The number of benzene rings is 2. The van der Waals surface area contributed by atoms with Gasteiger partial charge >= 0.3 is 0 Å². The number of amides is 2. The van der Waals surface area contributed by atoms with Crippen LogP contribution in [0.1, 0.15) is 29.2 Å². The average Bonchev–Trinajstić information content (AvgIpc) is 2.93. The standard InChI is InChI=1S/C23H29N3O2/c1-15-10-16(2)23(17(3)11-15)24-21(27)13-25(5)14-22(28)26-18(4)12-19-8-6-7-9-20(19)26/h6-11,18H,12-14H2,1-5H3,(H,24,27)/p+1/t18-/m0/s1. The summed E-state index contributed by atoms with van der Waals surface area (Å²) in [5.41, 5.74) is 6.38. The highest BCUT2D eigenvalue weighted by Gasteiger charge is 2.32. The van der Waals surface area contributed by atoms with E-state index in [9.17, 15) is 9.59 Å². The van der Waals surface area contributed by atoms with Gasteiger partial charge in [0, 0.05) is 17.4 Å². The molecule has 5 nitrogen and oxygen atoms in total. The van der Waals surface area contributed by atoms with Crippen molar-refractivity contribution in [2.24, 2.45) is 0 Å². The maximum Gasteiger partial charge on any atom is 0.282 e. The highest BCUT2D eigenvalue weighted by Crippen LogP contribution is 2.31. The summed E-state index contributed by atoms with van der Waals surface area (Å²) < 4.78 is 0. The van der Waals surface area contributed by atoms with E-state index >= 15 is 0 Å². The van der Waals surface area contributed by atoms with Gasteiger partial charge in [0.25, 0.3) is 11.8 Å².